The molecule has 0 aliphatic carbocycles. The minimum Gasteiger partial charge on any atom is -0.481 e. The second-order valence-corrected chi connectivity index (χ2v) is 4.51. The van der Waals surface area contributed by atoms with Crippen LogP contribution in [0, 0.1) is 0 Å². The molecule has 2 aromatic rings. The number of thioether (sulfide) groups is 1. The van der Waals surface area contributed by atoms with E-state index in [2.05, 4.69) is 15.1 Å². The van der Waals surface area contributed by atoms with Crippen molar-refractivity contribution in [2.45, 2.75) is 12.2 Å². The highest BCUT2D eigenvalue weighted by Gasteiger charge is 2.08. The van der Waals surface area contributed by atoms with Crippen LogP contribution in [0.3, 0.4) is 0 Å². The van der Waals surface area contributed by atoms with Crippen LogP contribution in [-0.4, -0.2) is 32.0 Å². The number of carboxylic acids is 1. The number of aliphatic carboxylic acids is 1. The molecule has 0 fully saturated rings. The summed E-state index contributed by atoms with van der Waals surface area (Å²) in [6.07, 6.45) is 4.00. The summed E-state index contributed by atoms with van der Waals surface area (Å²) in [4.78, 5) is 18.5. The molecule has 2 aromatic heterocycles. The fourth-order valence-corrected chi connectivity index (χ4v) is 1.90. The van der Waals surface area contributed by atoms with Gasteiger partial charge in [0.2, 0.25) is 5.89 Å². The Labute approximate surface area is 107 Å². The fourth-order valence-electron chi connectivity index (χ4n) is 1.33. The molecular weight excluding hydrogens is 254 g/mol. The topological polar surface area (TPSA) is 89.1 Å². The zero-order valence-corrected chi connectivity index (χ0v) is 10.3. The van der Waals surface area contributed by atoms with Crippen molar-refractivity contribution in [1.82, 2.24) is 15.1 Å². The fraction of sp³-hybridized carbons (Fsp3) is 0.273. The van der Waals surface area contributed by atoms with E-state index in [9.17, 15) is 4.79 Å². The summed E-state index contributed by atoms with van der Waals surface area (Å²) in [6, 6.07) is 3.78. The van der Waals surface area contributed by atoms with Gasteiger partial charge in [-0.2, -0.15) is 4.98 Å². The van der Waals surface area contributed by atoms with Gasteiger partial charge in [-0.3, -0.25) is 9.78 Å². The third kappa shape index (κ3) is 3.85. The summed E-state index contributed by atoms with van der Waals surface area (Å²) in [5.41, 5.74) is 1.00. The predicted molar refractivity (Wildman–Crippen MR) is 65.1 cm³/mol. The van der Waals surface area contributed by atoms with E-state index in [1.54, 1.807) is 12.4 Å². The van der Waals surface area contributed by atoms with Crippen LogP contribution in [0.4, 0.5) is 0 Å². The van der Waals surface area contributed by atoms with Crippen LogP contribution in [-0.2, 0) is 17.0 Å². The minimum atomic E-state index is -0.852. The Morgan fingerprint density at radius 1 is 1.50 bits per heavy atom. The van der Waals surface area contributed by atoms with Crippen molar-refractivity contribution in [3.05, 3.63) is 41.8 Å². The number of carboxylic acid groups (broad SMARTS) is 1. The van der Waals surface area contributed by atoms with Gasteiger partial charge >= 0.3 is 5.97 Å². The molecule has 7 heteroatoms. The van der Waals surface area contributed by atoms with Crippen LogP contribution >= 0.6 is 11.8 Å². The summed E-state index contributed by atoms with van der Waals surface area (Å²) in [6.45, 7) is 0. The molecule has 0 aliphatic rings. The number of pyridine rings is 1. The largest absolute Gasteiger partial charge is 0.481 e. The van der Waals surface area contributed by atoms with Crippen molar-refractivity contribution in [2.75, 3.05) is 5.75 Å². The first kappa shape index (κ1) is 12.6. The zero-order valence-electron chi connectivity index (χ0n) is 9.44. The van der Waals surface area contributed by atoms with E-state index in [4.69, 9.17) is 9.63 Å². The lowest BCUT2D eigenvalue weighted by Crippen LogP contribution is -1.98. The number of nitrogens with zero attached hydrogens (tertiary/aromatic N) is 3. The lowest BCUT2D eigenvalue weighted by Gasteiger charge is -1.93. The zero-order chi connectivity index (χ0) is 12.8. The Morgan fingerprint density at radius 2 is 2.39 bits per heavy atom. The highest BCUT2D eigenvalue weighted by atomic mass is 32.2. The smallest absolute Gasteiger partial charge is 0.313 e. The molecule has 0 radical (unpaired) electrons. The van der Waals surface area contributed by atoms with Gasteiger partial charge in [-0.25, -0.2) is 0 Å². The quantitative estimate of drug-likeness (QED) is 0.843. The first-order valence-electron chi connectivity index (χ1n) is 5.24. The van der Waals surface area contributed by atoms with Crippen molar-refractivity contribution in [3.63, 3.8) is 0 Å². The van der Waals surface area contributed by atoms with E-state index in [1.165, 1.54) is 11.8 Å². The molecule has 0 atom stereocenters. The third-order valence-corrected chi connectivity index (χ3v) is 2.95. The van der Waals surface area contributed by atoms with Crippen molar-refractivity contribution < 1.29 is 14.4 Å². The lowest BCUT2D eigenvalue weighted by molar-refractivity contribution is -0.133. The molecule has 0 spiro atoms. The molecule has 1 N–H and O–H groups in total. The first-order valence-corrected chi connectivity index (χ1v) is 6.39. The molecule has 2 heterocycles. The van der Waals surface area contributed by atoms with Gasteiger partial charge in [0.05, 0.1) is 11.5 Å². The molecule has 0 aliphatic heterocycles. The van der Waals surface area contributed by atoms with Gasteiger partial charge < -0.3 is 9.63 Å². The van der Waals surface area contributed by atoms with E-state index < -0.39 is 5.97 Å². The number of aromatic nitrogens is 3. The molecule has 18 heavy (non-hydrogen) atoms. The maximum Gasteiger partial charge on any atom is 0.313 e. The van der Waals surface area contributed by atoms with E-state index in [-0.39, 0.29) is 5.75 Å². The van der Waals surface area contributed by atoms with E-state index in [0.29, 0.717) is 23.9 Å². The Balaban J connectivity index is 1.88. The summed E-state index contributed by atoms with van der Waals surface area (Å²) < 4.78 is 5.02. The molecule has 2 rings (SSSR count). The number of rotatable bonds is 6. The molecule has 0 bridgehead atoms. The van der Waals surface area contributed by atoms with E-state index in [0.717, 1.165) is 5.56 Å². The SMILES string of the molecule is O=C(O)CSCc1nc(Cc2cccnc2)no1. The number of carbonyl (C=O) groups is 1. The van der Waals surface area contributed by atoms with Crippen LogP contribution in [0.5, 0.6) is 0 Å². The second-order valence-electron chi connectivity index (χ2n) is 3.53. The summed E-state index contributed by atoms with van der Waals surface area (Å²) in [7, 11) is 0. The Bertz CT molecular complexity index is 515. The maximum atomic E-state index is 10.3. The third-order valence-electron chi connectivity index (χ3n) is 2.05. The second kappa shape index (κ2) is 6.15. The van der Waals surface area contributed by atoms with Gasteiger partial charge in [0.1, 0.15) is 0 Å². The van der Waals surface area contributed by atoms with E-state index in [1.807, 2.05) is 12.1 Å². The Hall–Kier alpha value is -1.89. The molecule has 6 nitrogen and oxygen atoms in total. The van der Waals surface area contributed by atoms with Crippen molar-refractivity contribution in [3.8, 4) is 0 Å². The normalized spacial score (nSPS) is 10.4. The monoisotopic (exact) mass is 265 g/mol. The van der Waals surface area contributed by atoms with Gasteiger partial charge in [-0.15, -0.1) is 11.8 Å². The Morgan fingerprint density at radius 3 is 3.11 bits per heavy atom. The average molecular weight is 265 g/mol. The van der Waals surface area contributed by atoms with Crippen LogP contribution in [0.25, 0.3) is 0 Å². The van der Waals surface area contributed by atoms with Gasteiger partial charge in [-0.05, 0) is 11.6 Å². The van der Waals surface area contributed by atoms with E-state index >= 15 is 0 Å². The van der Waals surface area contributed by atoms with Crippen LogP contribution in [0.2, 0.25) is 0 Å². The van der Waals surface area contributed by atoms with Crippen molar-refractivity contribution >= 4 is 17.7 Å². The van der Waals surface area contributed by atoms with Gasteiger partial charge in [0, 0.05) is 18.8 Å². The molecule has 0 saturated heterocycles. The highest BCUT2D eigenvalue weighted by Crippen LogP contribution is 2.11. The summed E-state index contributed by atoms with van der Waals surface area (Å²) in [5, 5.41) is 12.3. The molecule has 94 valence electrons. The molecular formula is C11H11N3O3S. The predicted octanol–water partition coefficient (Wildman–Crippen LogP) is 1.37. The maximum absolute atomic E-state index is 10.3. The summed E-state index contributed by atoms with van der Waals surface area (Å²) >= 11 is 1.23. The van der Waals surface area contributed by atoms with Crippen LogP contribution in [0.15, 0.2) is 29.0 Å². The highest BCUT2D eigenvalue weighted by molar-refractivity contribution is 7.99. The number of hydrogen-bond donors (Lipinski definition) is 1. The van der Waals surface area contributed by atoms with Crippen molar-refractivity contribution in [2.24, 2.45) is 0 Å². The number of hydrogen-bond acceptors (Lipinski definition) is 6. The van der Waals surface area contributed by atoms with Crippen LogP contribution in [0.1, 0.15) is 17.3 Å². The molecule has 0 aromatic carbocycles. The minimum absolute atomic E-state index is 0.0281. The van der Waals surface area contributed by atoms with Gasteiger partial charge in [0.25, 0.3) is 0 Å². The van der Waals surface area contributed by atoms with Gasteiger partial charge in [-0.1, -0.05) is 11.2 Å². The molecule has 0 saturated carbocycles. The first-order chi connectivity index (χ1) is 8.74. The molecule has 0 unspecified atom stereocenters. The van der Waals surface area contributed by atoms with Gasteiger partial charge in [0.15, 0.2) is 5.82 Å². The standard InChI is InChI=1S/C11H11N3O3S/c15-11(16)7-18-6-10-13-9(14-17-10)4-8-2-1-3-12-5-8/h1-3,5H,4,6-7H2,(H,15,16). The summed E-state index contributed by atoms with van der Waals surface area (Å²) in [5.74, 6) is 0.608. The lowest BCUT2D eigenvalue weighted by atomic mass is 10.2. The van der Waals surface area contributed by atoms with Crippen molar-refractivity contribution in [1.29, 1.82) is 0 Å². The van der Waals surface area contributed by atoms with Crippen LogP contribution < -0.4 is 0 Å². The Kier molecular flexibility index (Phi) is 4.30. The average Bonchev–Trinajstić information content (AvgIpc) is 2.78. The molecule has 0 amide bonds.